The van der Waals surface area contributed by atoms with Crippen molar-refractivity contribution in [3.63, 3.8) is 0 Å². The topological polar surface area (TPSA) is 122 Å². The second-order valence-corrected chi connectivity index (χ2v) is 9.07. The standard InChI is InChI=1S/C29H37N4O3.K/c1-20-9-6-7-12-23(20)18-31-24(15-16-30)19-32-29(36)26(17-22-10-4-3-5-11-22)33-28(35)25-13-8-14-27(34)21(25)2;/h3-14,24,26,29,32,34,36H,15-19,30H2,1-2H3,(H,33,35);/q-1;+1. The molecule has 0 heterocycles. The maximum absolute atomic E-state index is 13.1. The van der Waals surface area contributed by atoms with Crippen LogP contribution in [0.1, 0.15) is 39.0 Å². The molecule has 3 aromatic carbocycles. The van der Waals surface area contributed by atoms with Crippen LogP contribution in [0, 0.1) is 13.8 Å². The molecule has 1 amide bonds. The van der Waals surface area contributed by atoms with E-state index in [2.05, 4.69) is 29.7 Å². The van der Waals surface area contributed by atoms with Crippen molar-refractivity contribution in [2.75, 3.05) is 13.1 Å². The summed E-state index contributed by atoms with van der Waals surface area (Å²) < 4.78 is 0. The van der Waals surface area contributed by atoms with E-state index in [0.29, 0.717) is 43.6 Å². The van der Waals surface area contributed by atoms with E-state index >= 15 is 0 Å². The number of aromatic hydroxyl groups is 1. The molecule has 0 spiro atoms. The van der Waals surface area contributed by atoms with E-state index in [9.17, 15) is 15.0 Å². The first-order valence-electron chi connectivity index (χ1n) is 12.3. The Bertz CT molecular complexity index is 1110. The summed E-state index contributed by atoms with van der Waals surface area (Å²) in [6.07, 6.45) is 0.102. The number of nitrogens with zero attached hydrogens (tertiary/aromatic N) is 1. The Labute approximate surface area is 262 Å². The van der Waals surface area contributed by atoms with Gasteiger partial charge in [-0.05, 0) is 56.6 Å². The number of nitrogens with one attached hydrogen (secondary N) is 2. The number of aliphatic hydroxyl groups excluding tert-OH is 1. The van der Waals surface area contributed by atoms with Crippen molar-refractivity contribution in [3.05, 3.63) is 106 Å². The minimum Gasteiger partial charge on any atom is -0.655 e. The second kappa shape index (κ2) is 16.4. The summed E-state index contributed by atoms with van der Waals surface area (Å²) in [4.78, 5) is 13.1. The molecular weight excluding hydrogens is 491 g/mol. The Morgan fingerprint density at radius 2 is 1.70 bits per heavy atom. The molecule has 3 rings (SSSR count). The predicted octanol–water partition coefficient (Wildman–Crippen LogP) is 0.553. The molecule has 0 saturated carbocycles. The van der Waals surface area contributed by atoms with Crippen LogP contribution in [0.2, 0.25) is 0 Å². The maximum Gasteiger partial charge on any atom is 1.00 e. The van der Waals surface area contributed by atoms with Gasteiger partial charge in [-0.3, -0.25) is 10.1 Å². The van der Waals surface area contributed by atoms with Crippen LogP contribution < -0.4 is 67.8 Å². The van der Waals surface area contributed by atoms with Crippen molar-refractivity contribution in [2.24, 2.45) is 5.73 Å². The minimum absolute atomic E-state index is 0. The van der Waals surface area contributed by atoms with Gasteiger partial charge in [0.2, 0.25) is 0 Å². The first kappa shape index (κ1) is 31.6. The summed E-state index contributed by atoms with van der Waals surface area (Å²) in [6, 6.07) is 22.0. The number of benzene rings is 3. The van der Waals surface area contributed by atoms with Crippen molar-refractivity contribution >= 4 is 5.91 Å². The molecule has 6 N–H and O–H groups in total. The molecule has 192 valence electrons. The number of nitrogens with two attached hydrogens (primary N) is 1. The first-order valence-corrected chi connectivity index (χ1v) is 12.3. The summed E-state index contributed by atoms with van der Waals surface area (Å²) in [6.45, 7) is 5.25. The average Bonchev–Trinajstić information content (AvgIpc) is 2.88. The fraction of sp³-hybridized carbons (Fsp3) is 0.345. The molecule has 0 aromatic heterocycles. The van der Waals surface area contributed by atoms with E-state index in [1.54, 1.807) is 25.1 Å². The molecule has 0 aliphatic heterocycles. The maximum atomic E-state index is 13.1. The molecule has 0 bridgehead atoms. The van der Waals surface area contributed by atoms with Crippen LogP contribution in [-0.2, 0) is 13.0 Å². The molecule has 0 fully saturated rings. The summed E-state index contributed by atoms with van der Waals surface area (Å²) in [5, 5.41) is 32.0. The third kappa shape index (κ3) is 9.90. The third-order valence-corrected chi connectivity index (χ3v) is 6.39. The van der Waals surface area contributed by atoms with Crippen molar-refractivity contribution in [3.8, 4) is 5.75 Å². The Morgan fingerprint density at radius 1 is 1.00 bits per heavy atom. The Morgan fingerprint density at radius 3 is 2.41 bits per heavy atom. The van der Waals surface area contributed by atoms with E-state index in [0.717, 1.165) is 11.1 Å². The Balaban J connectivity index is 0.00000481. The number of carbonyl (C=O) groups is 1. The minimum atomic E-state index is -1.01. The van der Waals surface area contributed by atoms with Gasteiger partial charge in [0.15, 0.2) is 0 Å². The average molecular weight is 529 g/mol. The molecule has 37 heavy (non-hydrogen) atoms. The van der Waals surface area contributed by atoms with Gasteiger partial charge in [-0.2, -0.15) is 0 Å². The van der Waals surface area contributed by atoms with E-state index in [1.807, 2.05) is 42.5 Å². The molecule has 0 saturated heterocycles. The number of aliphatic hydroxyl groups is 1. The van der Waals surface area contributed by atoms with Crippen molar-refractivity contribution in [2.45, 2.75) is 51.5 Å². The first-order chi connectivity index (χ1) is 17.4. The zero-order valence-electron chi connectivity index (χ0n) is 22.0. The van der Waals surface area contributed by atoms with Gasteiger partial charge in [-0.25, -0.2) is 0 Å². The van der Waals surface area contributed by atoms with Crippen LogP contribution >= 0.6 is 0 Å². The number of amides is 1. The molecule has 8 heteroatoms. The van der Waals surface area contributed by atoms with Crippen molar-refractivity contribution in [1.82, 2.24) is 10.6 Å². The van der Waals surface area contributed by atoms with Gasteiger partial charge in [0.05, 0.1) is 6.04 Å². The van der Waals surface area contributed by atoms with Crippen LogP contribution in [-0.4, -0.2) is 47.5 Å². The van der Waals surface area contributed by atoms with Gasteiger partial charge in [0, 0.05) is 11.1 Å². The number of phenolic OH excluding ortho intramolecular Hbond substituents is 1. The van der Waals surface area contributed by atoms with E-state index in [1.165, 1.54) is 5.56 Å². The van der Waals surface area contributed by atoms with Gasteiger partial charge < -0.3 is 26.6 Å². The molecule has 3 unspecified atom stereocenters. The summed E-state index contributed by atoms with van der Waals surface area (Å²) >= 11 is 0. The van der Waals surface area contributed by atoms with E-state index in [4.69, 9.17) is 11.1 Å². The third-order valence-electron chi connectivity index (χ3n) is 6.39. The number of phenols is 1. The SMILES string of the molecule is Cc1ccccc1C[N-]C(CCN)CNC(O)C(Cc1ccccc1)NC(=O)c1cccc(O)c1C.[K+]. The number of rotatable bonds is 13. The van der Waals surface area contributed by atoms with Crippen LogP contribution in [0.4, 0.5) is 0 Å². The van der Waals surface area contributed by atoms with Crippen LogP contribution in [0.25, 0.3) is 5.32 Å². The normalized spacial score (nSPS) is 13.3. The number of carbonyl (C=O) groups excluding carboxylic acids is 1. The molecule has 0 aliphatic carbocycles. The number of hydrogen-bond acceptors (Lipinski definition) is 5. The molecule has 0 aliphatic rings. The smallest absolute Gasteiger partial charge is 0.655 e. The number of hydrogen-bond donors (Lipinski definition) is 5. The van der Waals surface area contributed by atoms with E-state index in [-0.39, 0.29) is 69.1 Å². The van der Waals surface area contributed by atoms with Crippen molar-refractivity contribution < 1.29 is 66.4 Å². The van der Waals surface area contributed by atoms with Crippen LogP contribution in [0.3, 0.4) is 0 Å². The van der Waals surface area contributed by atoms with Crippen LogP contribution in [0.5, 0.6) is 5.75 Å². The van der Waals surface area contributed by atoms with Gasteiger partial charge >= 0.3 is 51.4 Å². The van der Waals surface area contributed by atoms with Gasteiger partial charge in [-0.1, -0.05) is 72.6 Å². The fourth-order valence-electron chi connectivity index (χ4n) is 4.09. The zero-order chi connectivity index (χ0) is 25.9. The molecule has 0 radical (unpaired) electrons. The molecular formula is C29H37KN4O3. The predicted molar refractivity (Wildman–Crippen MR) is 144 cm³/mol. The Hall–Kier alpha value is -1.59. The molecule has 3 aromatic rings. The summed E-state index contributed by atoms with van der Waals surface area (Å²) in [7, 11) is 0. The quantitative estimate of drug-likeness (QED) is 0.164. The van der Waals surface area contributed by atoms with Gasteiger partial charge in [0.25, 0.3) is 5.91 Å². The van der Waals surface area contributed by atoms with Crippen molar-refractivity contribution in [1.29, 1.82) is 0 Å². The van der Waals surface area contributed by atoms with Gasteiger partial charge in [-0.15, -0.1) is 12.6 Å². The monoisotopic (exact) mass is 528 g/mol. The molecule has 7 nitrogen and oxygen atoms in total. The fourth-order valence-corrected chi connectivity index (χ4v) is 4.09. The number of aryl methyl sites for hydroxylation is 1. The van der Waals surface area contributed by atoms with Gasteiger partial charge in [0.1, 0.15) is 12.0 Å². The summed E-state index contributed by atoms with van der Waals surface area (Å²) in [5.41, 5.74) is 10.0. The molecule has 3 atom stereocenters. The second-order valence-electron chi connectivity index (χ2n) is 9.07. The zero-order valence-corrected chi connectivity index (χ0v) is 25.1. The van der Waals surface area contributed by atoms with Crippen LogP contribution in [0.15, 0.2) is 72.8 Å². The van der Waals surface area contributed by atoms with E-state index < -0.39 is 12.3 Å². The Kier molecular flexibility index (Phi) is 14.0. The summed E-state index contributed by atoms with van der Waals surface area (Å²) in [5.74, 6) is -0.297. The largest absolute Gasteiger partial charge is 1.00 e.